The lowest BCUT2D eigenvalue weighted by Crippen LogP contribution is -2.43. The highest BCUT2D eigenvalue weighted by molar-refractivity contribution is 5.43. The predicted molar refractivity (Wildman–Crippen MR) is 52.4 cm³/mol. The van der Waals surface area contributed by atoms with Gasteiger partial charge in [0.25, 0.3) is 0 Å². The molecule has 0 N–H and O–H groups in total. The molecular weight excluding hydrogens is 160 g/mol. The van der Waals surface area contributed by atoms with E-state index in [1.807, 2.05) is 7.11 Å². The molecule has 72 valence electrons. The molecule has 0 amide bonds. The van der Waals surface area contributed by atoms with Crippen molar-refractivity contribution in [1.82, 2.24) is 0 Å². The summed E-state index contributed by atoms with van der Waals surface area (Å²) in [6.07, 6.45) is 7.36. The van der Waals surface area contributed by atoms with Crippen LogP contribution in [0.3, 0.4) is 0 Å². The van der Waals surface area contributed by atoms with Crippen LogP contribution in [0.4, 0.5) is 0 Å². The van der Waals surface area contributed by atoms with E-state index < -0.39 is 0 Å². The second-order valence-corrected chi connectivity index (χ2v) is 5.39. The number of rotatable bonds is 2. The summed E-state index contributed by atoms with van der Waals surface area (Å²) < 4.78 is 5.74. The maximum atomic E-state index is 5.74. The van der Waals surface area contributed by atoms with E-state index in [4.69, 9.17) is 4.74 Å². The van der Waals surface area contributed by atoms with Gasteiger partial charge in [0, 0.05) is 12.5 Å². The van der Waals surface area contributed by atoms with E-state index in [2.05, 4.69) is 26.0 Å². The quantitative estimate of drug-likeness (QED) is 0.591. The lowest BCUT2D eigenvalue weighted by atomic mass is 9.74. The molecule has 4 unspecified atom stereocenters. The van der Waals surface area contributed by atoms with Crippen molar-refractivity contribution in [2.75, 3.05) is 7.11 Å². The number of methoxy groups -OCH3 is 1. The molecule has 0 heterocycles. The molecule has 0 aliphatic heterocycles. The largest absolute Gasteiger partial charge is 0.373 e. The maximum absolute atomic E-state index is 5.74. The minimum absolute atomic E-state index is 0.159. The van der Waals surface area contributed by atoms with Gasteiger partial charge in [-0.05, 0) is 30.6 Å². The van der Waals surface area contributed by atoms with Crippen molar-refractivity contribution in [1.29, 1.82) is 0 Å². The summed E-state index contributed by atoms with van der Waals surface area (Å²) in [6.45, 7) is 4.70. The lowest BCUT2D eigenvalue weighted by molar-refractivity contribution is -0.0279. The van der Waals surface area contributed by atoms with Gasteiger partial charge in [0.05, 0.1) is 5.60 Å². The Balaban J connectivity index is 1.92. The van der Waals surface area contributed by atoms with Crippen molar-refractivity contribution >= 4 is 0 Å². The molecule has 1 spiro atoms. The zero-order valence-electron chi connectivity index (χ0n) is 8.71. The highest BCUT2D eigenvalue weighted by atomic mass is 16.5. The van der Waals surface area contributed by atoms with Crippen molar-refractivity contribution in [3.63, 3.8) is 0 Å². The molecule has 2 saturated carbocycles. The fourth-order valence-electron chi connectivity index (χ4n) is 3.79. The second-order valence-electron chi connectivity index (χ2n) is 5.39. The van der Waals surface area contributed by atoms with E-state index in [0.717, 1.165) is 17.8 Å². The third-order valence-corrected chi connectivity index (χ3v) is 4.77. The van der Waals surface area contributed by atoms with Crippen LogP contribution in [-0.4, -0.2) is 12.7 Å². The first-order chi connectivity index (χ1) is 6.15. The zero-order valence-corrected chi connectivity index (χ0v) is 8.71. The van der Waals surface area contributed by atoms with Gasteiger partial charge in [0.2, 0.25) is 0 Å². The third kappa shape index (κ3) is 0.665. The molecule has 3 aliphatic rings. The highest BCUT2D eigenvalue weighted by Crippen LogP contribution is 2.77. The lowest BCUT2D eigenvalue weighted by Gasteiger charge is -2.40. The fraction of sp³-hybridized carbons (Fsp3) is 0.833. The Morgan fingerprint density at radius 1 is 1.31 bits per heavy atom. The monoisotopic (exact) mass is 178 g/mol. The summed E-state index contributed by atoms with van der Waals surface area (Å²) in [7, 11) is 1.88. The van der Waals surface area contributed by atoms with Crippen LogP contribution < -0.4 is 0 Å². The Labute approximate surface area is 80.2 Å². The van der Waals surface area contributed by atoms with Crippen molar-refractivity contribution in [3.8, 4) is 0 Å². The first-order valence-corrected chi connectivity index (χ1v) is 5.41. The second kappa shape index (κ2) is 2.03. The minimum atomic E-state index is 0.159. The smallest absolute Gasteiger partial charge is 0.0954 e. The van der Waals surface area contributed by atoms with Gasteiger partial charge >= 0.3 is 0 Å². The van der Waals surface area contributed by atoms with Gasteiger partial charge in [-0.3, -0.25) is 0 Å². The van der Waals surface area contributed by atoms with Crippen molar-refractivity contribution < 1.29 is 4.74 Å². The van der Waals surface area contributed by atoms with Crippen LogP contribution in [0.2, 0.25) is 0 Å². The highest BCUT2D eigenvalue weighted by Gasteiger charge is 2.76. The SMILES string of the molecule is COC12C=CC13CC3C(C(C)C)C2. The maximum Gasteiger partial charge on any atom is 0.0954 e. The Morgan fingerprint density at radius 3 is 2.46 bits per heavy atom. The minimum Gasteiger partial charge on any atom is -0.373 e. The van der Waals surface area contributed by atoms with Crippen LogP contribution in [0, 0.1) is 23.2 Å². The van der Waals surface area contributed by atoms with Crippen LogP contribution in [0.1, 0.15) is 26.7 Å². The summed E-state index contributed by atoms with van der Waals surface area (Å²) in [5, 5.41) is 0. The Morgan fingerprint density at radius 2 is 2.08 bits per heavy atom. The number of hydrogen-bond acceptors (Lipinski definition) is 1. The third-order valence-electron chi connectivity index (χ3n) is 4.77. The van der Waals surface area contributed by atoms with Gasteiger partial charge < -0.3 is 4.74 Å². The van der Waals surface area contributed by atoms with Crippen LogP contribution in [0.25, 0.3) is 0 Å². The van der Waals surface area contributed by atoms with Gasteiger partial charge in [-0.15, -0.1) is 0 Å². The van der Waals surface area contributed by atoms with Gasteiger partial charge in [-0.2, -0.15) is 0 Å². The molecule has 0 aromatic rings. The first-order valence-electron chi connectivity index (χ1n) is 5.41. The molecule has 1 nitrogen and oxygen atoms in total. The molecule has 13 heavy (non-hydrogen) atoms. The standard InChI is InChI=1S/C12H18O/c1-8(2)9-6-12(13-3)5-4-11(12)7-10(9)11/h4-5,8-10H,6-7H2,1-3H3. The molecule has 0 aromatic carbocycles. The molecule has 3 aliphatic carbocycles. The number of ether oxygens (including phenoxy) is 1. The van der Waals surface area contributed by atoms with E-state index >= 15 is 0 Å². The van der Waals surface area contributed by atoms with E-state index in [9.17, 15) is 0 Å². The molecule has 3 rings (SSSR count). The van der Waals surface area contributed by atoms with E-state index in [0.29, 0.717) is 5.41 Å². The van der Waals surface area contributed by atoms with E-state index in [-0.39, 0.29) is 5.60 Å². The van der Waals surface area contributed by atoms with Crippen LogP contribution in [0.5, 0.6) is 0 Å². The van der Waals surface area contributed by atoms with Gasteiger partial charge in [-0.25, -0.2) is 0 Å². The average molecular weight is 178 g/mol. The van der Waals surface area contributed by atoms with Crippen molar-refractivity contribution in [2.24, 2.45) is 23.2 Å². The van der Waals surface area contributed by atoms with Crippen LogP contribution >= 0.6 is 0 Å². The summed E-state index contributed by atoms with van der Waals surface area (Å²) in [4.78, 5) is 0. The Hall–Kier alpha value is -0.300. The molecular formula is C12H18O. The Kier molecular flexibility index (Phi) is 1.26. The molecule has 0 aromatic heterocycles. The molecule has 0 radical (unpaired) electrons. The molecule has 0 saturated heterocycles. The van der Waals surface area contributed by atoms with Crippen molar-refractivity contribution in [3.05, 3.63) is 12.2 Å². The van der Waals surface area contributed by atoms with E-state index in [1.165, 1.54) is 12.8 Å². The van der Waals surface area contributed by atoms with Gasteiger partial charge in [-0.1, -0.05) is 26.0 Å². The van der Waals surface area contributed by atoms with Crippen LogP contribution in [0.15, 0.2) is 12.2 Å². The molecule has 0 bridgehead atoms. The zero-order chi connectivity index (χ0) is 9.27. The number of hydrogen-bond donors (Lipinski definition) is 0. The Bertz CT molecular complexity index is 281. The van der Waals surface area contributed by atoms with Gasteiger partial charge in [0.1, 0.15) is 0 Å². The molecule has 2 fully saturated rings. The molecule has 1 heteroatoms. The van der Waals surface area contributed by atoms with Crippen molar-refractivity contribution in [2.45, 2.75) is 32.3 Å². The summed E-state index contributed by atoms with van der Waals surface area (Å²) in [6, 6.07) is 0. The molecule has 4 atom stereocenters. The predicted octanol–water partition coefficient (Wildman–Crippen LogP) is 2.62. The summed E-state index contributed by atoms with van der Waals surface area (Å²) >= 11 is 0. The normalized spacial score (nSPS) is 56.0. The first kappa shape index (κ1) is 8.05. The topological polar surface area (TPSA) is 9.23 Å². The summed E-state index contributed by atoms with van der Waals surface area (Å²) in [5.41, 5.74) is 0.656. The average Bonchev–Trinajstić information content (AvgIpc) is 2.77. The van der Waals surface area contributed by atoms with Crippen LogP contribution in [-0.2, 0) is 4.74 Å². The van der Waals surface area contributed by atoms with E-state index in [1.54, 1.807) is 0 Å². The fourth-order valence-corrected chi connectivity index (χ4v) is 3.79. The summed E-state index contributed by atoms with van der Waals surface area (Å²) in [5.74, 6) is 2.66. The van der Waals surface area contributed by atoms with Gasteiger partial charge in [0.15, 0.2) is 0 Å².